The highest BCUT2D eigenvalue weighted by Crippen LogP contribution is 2.44. The highest BCUT2D eigenvalue weighted by molar-refractivity contribution is 6.07. The molecular weight excluding hydrogens is 380 g/mol. The van der Waals surface area contributed by atoms with Gasteiger partial charge in [0.25, 0.3) is 11.6 Å². The van der Waals surface area contributed by atoms with Crippen molar-refractivity contribution in [3.63, 3.8) is 0 Å². The van der Waals surface area contributed by atoms with Crippen LogP contribution in [0.1, 0.15) is 64.2 Å². The number of amides is 1. The zero-order chi connectivity index (χ0) is 20.5. The lowest BCUT2D eigenvalue weighted by Gasteiger charge is -2.40. The molecule has 0 aromatic carbocycles. The first-order valence-corrected chi connectivity index (χ1v) is 10.7. The van der Waals surface area contributed by atoms with E-state index in [9.17, 15) is 4.79 Å². The fraction of sp³-hybridized carbons (Fsp3) is 0.500. The summed E-state index contributed by atoms with van der Waals surface area (Å²) in [5.74, 6) is 0.383. The second-order valence-electron chi connectivity index (χ2n) is 8.93. The minimum absolute atomic E-state index is 0.0707. The minimum Gasteiger partial charge on any atom is -0.368 e. The first-order chi connectivity index (χ1) is 14.6. The maximum Gasteiger partial charge on any atom is 0.259 e. The fourth-order valence-electron chi connectivity index (χ4n) is 5.77. The number of aromatic nitrogens is 4. The van der Waals surface area contributed by atoms with Crippen molar-refractivity contribution in [3.05, 3.63) is 40.0 Å². The van der Waals surface area contributed by atoms with E-state index in [0.29, 0.717) is 18.2 Å². The van der Waals surface area contributed by atoms with Crippen molar-refractivity contribution in [2.75, 3.05) is 18.8 Å². The molecule has 2 N–H and O–H groups in total. The lowest BCUT2D eigenvalue weighted by atomic mass is 9.77. The average Bonchev–Trinajstić information content (AvgIpc) is 3.45. The average molecular weight is 404 g/mol. The molecule has 154 valence electrons. The summed E-state index contributed by atoms with van der Waals surface area (Å²) in [5.41, 5.74) is 12.0. The monoisotopic (exact) mass is 404 g/mol. The fourth-order valence-corrected chi connectivity index (χ4v) is 5.77. The number of carbonyl (C=O) groups excluding carboxylic acids is 1. The number of pyridine rings is 1. The Morgan fingerprint density at radius 1 is 1.20 bits per heavy atom. The van der Waals surface area contributed by atoms with Crippen LogP contribution in [0.25, 0.3) is 11.1 Å². The molecule has 3 aliphatic rings. The number of carbonyl (C=O) groups is 1. The van der Waals surface area contributed by atoms with Gasteiger partial charge >= 0.3 is 0 Å². The molecule has 1 amide bonds. The molecule has 1 fully saturated rings. The van der Waals surface area contributed by atoms with Crippen molar-refractivity contribution in [1.82, 2.24) is 25.0 Å². The number of hydrogen-bond donors (Lipinski definition) is 1. The first kappa shape index (κ1) is 17.8. The Morgan fingerprint density at radius 3 is 3.00 bits per heavy atom. The van der Waals surface area contributed by atoms with Crippen LogP contribution in [-0.2, 0) is 24.7 Å². The van der Waals surface area contributed by atoms with E-state index in [1.54, 1.807) is 0 Å². The number of piperidine rings is 1. The molecule has 0 radical (unpaired) electrons. The maximum atomic E-state index is 13.9. The van der Waals surface area contributed by atoms with E-state index in [-0.39, 0.29) is 11.3 Å². The van der Waals surface area contributed by atoms with Gasteiger partial charge < -0.3 is 15.2 Å². The molecule has 1 atom stereocenters. The van der Waals surface area contributed by atoms with Crippen LogP contribution >= 0.6 is 0 Å². The second-order valence-corrected chi connectivity index (χ2v) is 8.93. The summed E-state index contributed by atoms with van der Waals surface area (Å²) in [6, 6.07) is 0. The van der Waals surface area contributed by atoms with Gasteiger partial charge in [-0.1, -0.05) is 5.16 Å². The van der Waals surface area contributed by atoms with Crippen LogP contribution in [0.15, 0.2) is 10.7 Å². The zero-order valence-corrected chi connectivity index (χ0v) is 17.1. The van der Waals surface area contributed by atoms with Crippen LogP contribution in [0.5, 0.6) is 0 Å². The van der Waals surface area contributed by atoms with E-state index in [1.165, 1.54) is 5.56 Å². The number of nitrogens with zero attached hydrogens (tertiary/aromatic N) is 5. The maximum absolute atomic E-state index is 13.9. The van der Waals surface area contributed by atoms with E-state index in [1.807, 2.05) is 18.0 Å². The van der Waals surface area contributed by atoms with E-state index in [4.69, 9.17) is 10.3 Å². The van der Waals surface area contributed by atoms with Gasteiger partial charge in [-0.15, -0.1) is 0 Å². The summed E-state index contributed by atoms with van der Waals surface area (Å²) < 4.78 is 5.44. The molecular formula is C22H24N6O2. The van der Waals surface area contributed by atoms with Crippen LogP contribution in [0, 0.1) is 6.92 Å². The Balaban J connectivity index is 1.43. The summed E-state index contributed by atoms with van der Waals surface area (Å²) in [6.07, 6.45) is 8.55. The predicted molar refractivity (Wildman–Crippen MR) is 110 cm³/mol. The molecule has 30 heavy (non-hydrogen) atoms. The Hall–Kier alpha value is -3.03. The van der Waals surface area contributed by atoms with Gasteiger partial charge in [0.05, 0.1) is 22.3 Å². The lowest BCUT2D eigenvalue weighted by molar-refractivity contribution is 0.0634. The van der Waals surface area contributed by atoms with Gasteiger partial charge in [0.15, 0.2) is 0 Å². The lowest BCUT2D eigenvalue weighted by Crippen LogP contribution is -2.48. The van der Waals surface area contributed by atoms with Crippen molar-refractivity contribution >= 4 is 23.0 Å². The summed E-state index contributed by atoms with van der Waals surface area (Å²) in [7, 11) is 0. The van der Waals surface area contributed by atoms with Crippen molar-refractivity contribution in [1.29, 1.82) is 0 Å². The standard InChI is InChI=1S/C22H24N6O2/c1-12-16-17(14-4-2-5-15(14)25-19(16)30-27-12)20(29)28-9-3-7-22(11-28)8-6-13-10-24-21(23)26-18(13)22/h10H,2-9,11H2,1H3,(H2,23,24,26). The van der Waals surface area contributed by atoms with E-state index < -0.39 is 0 Å². The van der Waals surface area contributed by atoms with Crippen molar-refractivity contribution in [2.45, 2.75) is 57.3 Å². The number of anilines is 1. The number of aryl methyl sites for hydroxylation is 3. The molecule has 1 saturated heterocycles. The van der Waals surface area contributed by atoms with Gasteiger partial charge in [-0.05, 0) is 63.0 Å². The van der Waals surface area contributed by atoms with Gasteiger partial charge in [0.2, 0.25) is 5.95 Å². The Bertz CT molecular complexity index is 1200. The molecule has 0 bridgehead atoms. The number of hydrogen-bond acceptors (Lipinski definition) is 7. The number of likely N-dealkylation sites (tertiary alicyclic amines) is 1. The van der Waals surface area contributed by atoms with Crippen LogP contribution in [-0.4, -0.2) is 44.0 Å². The summed E-state index contributed by atoms with van der Waals surface area (Å²) in [5, 5.41) is 4.87. The molecule has 3 aromatic rings. The topological polar surface area (TPSA) is 111 Å². The molecule has 0 saturated carbocycles. The molecule has 8 heteroatoms. The molecule has 8 nitrogen and oxygen atoms in total. The highest BCUT2D eigenvalue weighted by Gasteiger charge is 2.45. The Morgan fingerprint density at radius 2 is 2.10 bits per heavy atom. The van der Waals surface area contributed by atoms with Crippen molar-refractivity contribution in [2.24, 2.45) is 0 Å². The summed E-state index contributed by atoms with van der Waals surface area (Å²) in [4.78, 5) is 29.3. The van der Waals surface area contributed by atoms with Gasteiger partial charge in [-0.2, -0.15) is 0 Å². The van der Waals surface area contributed by atoms with Crippen LogP contribution in [0.4, 0.5) is 5.95 Å². The third-order valence-corrected chi connectivity index (χ3v) is 7.16. The third-order valence-electron chi connectivity index (χ3n) is 7.16. The Labute approximate surface area is 173 Å². The first-order valence-electron chi connectivity index (χ1n) is 10.7. The molecule has 1 unspecified atom stereocenters. The van der Waals surface area contributed by atoms with Crippen LogP contribution < -0.4 is 5.73 Å². The van der Waals surface area contributed by atoms with E-state index in [2.05, 4.69) is 20.1 Å². The number of nitrogen functional groups attached to an aromatic ring is 1. The third kappa shape index (κ3) is 2.42. The Kier molecular flexibility index (Phi) is 3.70. The molecule has 1 aliphatic heterocycles. The molecule has 6 rings (SSSR count). The second kappa shape index (κ2) is 6.23. The number of nitrogens with two attached hydrogens (primary N) is 1. The normalized spacial score (nSPS) is 22.6. The van der Waals surface area contributed by atoms with Crippen molar-refractivity contribution < 1.29 is 9.32 Å². The largest absolute Gasteiger partial charge is 0.368 e. The molecule has 4 heterocycles. The molecule has 1 spiro atoms. The summed E-state index contributed by atoms with van der Waals surface area (Å²) in [6.45, 7) is 3.30. The SMILES string of the molecule is Cc1noc2nc3c(c(C(=O)N4CCCC5(CCc6cnc(N)nc65)C4)c12)CCC3. The molecule has 2 aliphatic carbocycles. The van der Waals surface area contributed by atoms with Gasteiger partial charge in [0.1, 0.15) is 0 Å². The van der Waals surface area contributed by atoms with E-state index in [0.717, 1.165) is 85.1 Å². The zero-order valence-electron chi connectivity index (χ0n) is 17.1. The van der Waals surface area contributed by atoms with Gasteiger partial charge in [-0.3, -0.25) is 4.79 Å². The van der Waals surface area contributed by atoms with Crippen LogP contribution in [0.2, 0.25) is 0 Å². The smallest absolute Gasteiger partial charge is 0.259 e. The van der Waals surface area contributed by atoms with Gasteiger partial charge in [0, 0.05) is 30.4 Å². The minimum atomic E-state index is -0.126. The number of fused-ring (bicyclic) bond motifs is 4. The van der Waals surface area contributed by atoms with Gasteiger partial charge in [-0.25, -0.2) is 15.0 Å². The molecule has 3 aromatic heterocycles. The highest BCUT2D eigenvalue weighted by atomic mass is 16.5. The van der Waals surface area contributed by atoms with Crippen LogP contribution in [0.3, 0.4) is 0 Å². The van der Waals surface area contributed by atoms with E-state index >= 15 is 0 Å². The van der Waals surface area contributed by atoms with Crippen molar-refractivity contribution in [3.8, 4) is 0 Å². The number of rotatable bonds is 1. The quantitative estimate of drug-likeness (QED) is 0.663. The summed E-state index contributed by atoms with van der Waals surface area (Å²) >= 11 is 0. The predicted octanol–water partition coefficient (Wildman–Crippen LogP) is 2.51.